The third-order valence-corrected chi connectivity index (χ3v) is 6.79. The highest BCUT2D eigenvalue weighted by molar-refractivity contribution is 6.36. The summed E-state index contributed by atoms with van der Waals surface area (Å²) in [6.45, 7) is 4.51. The van der Waals surface area contributed by atoms with Crippen LogP contribution in [0.1, 0.15) is 58.6 Å². The molecule has 1 saturated carbocycles. The van der Waals surface area contributed by atoms with Crippen molar-refractivity contribution in [1.82, 2.24) is 15.6 Å². The largest absolute Gasteiger partial charge is 0.359 e. The van der Waals surface area contributed by atoms with Gasteiger partial charge in [0.05, 0.1) is 16.8 Å². The standard InChI is InChI=1S/C25H31FN4O2/c1-14-9-15(2)29-22(14)11-19-18-10-21(26)20(24(31)28-4)12-23(18)30(25(19)32)13-16-5-7-17(27-3)8-6-16/h9-12,16-17,27,29H,5-8,13H2,1-4H3,(H,28,31)/b19-11-. The normalized spacial score (nSPS) is 21.8. The van der Waals surface area contributed by atoms with Crippen LogP contribution in [-0.4, -0.2) is 43.5 Å². The van der Waals surface area contributed by atoms with E-state index in [9.17, 15) is 14.0 Å². The van der Waals surface area contributed by atoms with Gasteiger partial charge in [-0.05, 0) is 82.3 Å². The fraction of sp³-hybridized carbons (Fsp3) is 0.440. The number of hydrogen-bond acceptors (Lipinski definition) is 3. The first-order chi connectivity index (χ1) is 15.3. The lowest BCUT2D eigenvalue weighted by molar-refractivity contribution is -0.113. The summed E-state index contributed by atoms with van der Waals surface area (Å²) in [6, 6.07) is 5.39. The number of fused-ring (bicyclic) bond motifs is 1. The molecule has 0 unspecified atom stereocenters. The highest BCUT2D eigenvalue weighted by Crippen LogP contribution is 2.41. The van der Waals surface area contributed by atoms with Gasteiger partial charge in [-0.25, -0.2) is 4.39 Å². The average molecular weight is 439 g/mol. The van der Waals surface area contributed by atoms with Crippen molar-refractivity contribution in [3.63, 3.8) is 0 Å². The molecule has 0 radical (unpaired) electrons. The number of anilines is 1. The van der Waals surface area contributed by atoms with Gasteiger partial charge in [-0.2, -0.15) is 0 Å². The van der Waals surface area contributed by atoms with Crippen LogP contribution in [0.2, 0.25) is 0 Å². The van der Waals surface area contributed by atoms with Gasteiger partial charge in [0.2, 0.25) is 0 Å². The number of halogens is 1. The number of hydrogen-bond donors (Lipinski definition) is 3. The van der Waals surface area contributed by atoms with Crippen LogP contribution in [-0.2, 0) is 4.79 Å². The lowest BCUT2D eigenvalue weighted by atomic mass is 9.85. The zero-order valence-electron chi connectivity index (χ0n) is 19.1. The van der Waals surface area contributed by atoms with E-state index >= 15 is 0 Å². The third kappa shape index (κ3) is 4.09. The van der Waals surface area contributed by atoms with Gasteiger partial charge in [-0.15, -0.1) is 0 Å². The van der Waals surface area contributed by atoms with Crippen LogP contribution in [0.5, 0.6) is 0 Å². The number of amides is 2. The van der Waals surface area contributed by atoms with Gasteiger partial charge in [0.15, 0.2) is 0 Å². The van der Waals surface area contributed by atoms with Crippen LogP contribution in [0, 0.1) is 25.6 Å². The van der Waals surface area contributed by atoms with Crippen LogP contribution in [0.3, 0.4) is 0 Å². The van der Waals surface area contributed by atoms with E-state index in [0.717, 1.165) is 42.6 Å². The summed E-state index contributed by atoms with van der Waals surface area (Å²) in [7, 11) is 3.46. The van der Waals surface area contributed by atoms with Gasteiger partial charge in [-0.1, -0.05) is 0 Å². The molecule has 2 amide bonds. The molecule has 7 heteroatoms. The second-order valence-electron chi connectivity index (χ2n) is 8.96. The average Bonchev–Trinajstić information content (AvgIpc) is 3.23. The number of aromatic amines is 1. The highest BCUT2D eigenvalue weighted by atomic mass is 19.1. The van der Waals surface area contributed by atoms with Gasteiger partial charge in [0, 0.05) is 36.6 Å². The molecule has 3 N–H and O–H groups in total. The van der Waals surface area contributed by atoms with Gasteiger partial charge in [0.25, 0.3) is 11.8 Å². The minimum atomic E-state index is -0.627. The molecule has 1 aliphatic carbocycles. The highest BCUT2D eigenvalue weighted by Gasteiger charge is 2.36. The Morgan fingerprint density at radius 3 is 2.50 bits per heavy atom. The summed E-state index contributed by atoms with van der Waals surface area (Å²) < 4.78 is 14.8. The number of carbonyl (C=O) groups is 2. The van der Waals surface area contributed by atoms with E-state index in [2.05, 4.69) is 15.6 Å². The SMILES string of the molecule is CNC(=O)c1cc2c(cc1F)/C(=C/c1[nH]c(C)cc1C)C(=O)N2CC1CCC(NC)CC1. The number of nitrogens with zero attached hydrogens (tertiary/aromatic N) is 1. The Bertz CT molecular complexity index is 1080. The first-order valence-corrected chi connectivity index (χ1v) is 11.2. The Morgan fingerprint density at radius 2 is 1.91 bits per heavy atom. The van der Waals surface area contributed by atoms with Crippen molar-refractivity contribution in [3.05, 3.63) is 52.1 Å². The van der Waals surface area contributed by atoms with Crippen molar-refractivity contribution in [3.8, 4) is 0 Å². The molecule has 170 valence electrons. The Balaban J connectivity index is 1.74. The molecule has 1 aliphatic heterocycles. The van der Waals surface area contributed by atoms with Crippen LogP contribution >= 0.6 is 0 Å². The molecule has 2 aliphatic rings. The zero-order chi connectivity index (χ0) is 23.0. The molecule has 6 nitrogen and oxygen atoms in total. The Kier molecular flexibility index (Phi) is 6.20. The molecular weight excluding hydrogens is 407 g/mol. The molecule has 0 bridgehead atoms. The Labute approximate surface area is 188 Å². The van der Waals surface area contributed by atoms with Crippen LogP contribution in [0.25, 0.3) is 11.6 Å². The summed E-state index contributed by atoms with van der Waals surface area (Å²) in [6.07, 6.45) is 6.02. The summed E-state index contributed by atoms with van der Waals surface area (Å²) in [5.41, 5.74) is 4.42. The second-order valence-corrected chi connectivity index (χ2v) is 8.96. The van der Waals surface area contributed by atoms with Crippen molar-refractivity contribution >= 4 is 29.2 Å². The van der Waals surface area contributed by atoms with E-state index in [0.29, 0.717) is 35.3 Å². The second kappa shape index (κ2) is 8.90. The van der Waals surface area contributed by atoms with Gasteiger partial charge < -0.3 is 20.5 Å². The Hall–Kier alpha value is -2.93. The van der Waals surface area contributed by atoms with Crippen molar-refractivity contribution in [2.75, 3.05) is 25.5 Å². The van der Waals surface area contributed by atoms with Gasteiger partial charge in [-0.3, -0.25) is 9.59 Å². The molecule has 32 heavy (non-hydrogen) atoms. The zero-order valence-corrected chi connectivity index (χ0v) is 19.1. The smallest absolute Gasteiger partial charge is 0.259 e. The van der Waals surface area contributed by atoms with Gasteiger partial charge >= 0.3 is 0 Å². The van der Waals surface area contributed by atoms with Crippen molar-refractivity contribution in [2.24, 2.45) is 5.92 Å². The van der Waals surface area contributed by atoms with Crippen LogP contribution < -0.4 is 15.5 Å². The molecule has 0 atom stereocenters. The molecular formula is C25H31FN4O2. The summed E-state index contributed by atoms with van der Waals surface area (Å²) in [5.74, 6) is -0.896. The molecule has 1 aromatic carbocycles. The molecule has 0 spiro atoms. The molecule has 1 fully saturated rings. The summed E-state index contributed by atoms with van der Waals surface area (Å²) >= 11 is 0. The van der Waals surface area contributed by atoms with E-state index in [1.165, 1.54) is 19.2 Å². The topological polar surface area (TPSA) is 77.2 Å². The maximum Gasteiger partial charge on any atom is 0.259 e. The van der Waals surface area contributed by atoms with E-state index in [-0.39, 0.29) is 11.5 Å². The maximum atomic E-state index is 14.8. The summed E-state index contributed by atoms with van der Waals surface area (Å²) in [4.78, 5) is 30.8. The van der Waals surface area contributed by atoms with Crippen LogP contribution in [0.15, 0.2) is 18.2 Å². The fourth-order valence-corrected chi connectivity index (χ4v) is 4.94. The number of rotatable bonds is 5. The number of benzene rings is 1. The van der Waals surface area contributed by atoms with E-state index in [1.807, 2.05) is 27.0 Å². The lowest BCUT2D eigenvalue weighted by Crippen LogP contribution is -2.37. The third-order valence-electron chi connectivity index (χ3n) is 6.79. The minimum Gasteiger partial charge on any atom is -0.359 e. The monoisotopic (exact) mass is 438 g/mol. The lowest BCUT2D eigenvalue weighted by Gasteiger charge is -2.31. The Morgan fingerprint density at radius 1 is 1.19 bits per heavy atom. The molecule has 4 rings (SSSR count). The predicted molar refractivity (Wildman–Crippen MR) is 125 cm³/mol. The van der Waals surface area contributed by atoms with Crippen molar-refractivity contribution in [2.45, 2.75) is 45.6 Å². The van der Waals surface area contributed by atoms with Crippen molar-refractivity contribution in [1.29, 1.82) is 0 Å². The molecule has 2 heterocycles. The number of nitrogens with one attached hydrogen (secondary N) is 3. The van der Waals surface area contributed by atoms with E-state index < -0.39 is 11.7 Å². The predicted octanol–water partition coefficient (Wildman–Crippen LogP) is 3.80. The van der Waals surface area contributed by atoms with Crippen molar-refractivity contribution < 1.29 is 14.0 Å². The first-order valence-electron chi connectivity index (χ1n) is 11.2. The molecule has 1 aromatic heterocycles. The summed E-state index contributed by atoms with van der Waals surface area (Å²) in [5, 5.41) is 5.82. The van der Waals surface area contributed by atoms with E-state index in [4.69, 9.17) is 0 Å². The van der Waals surface area contributed by atoms with Crippen LogP contribution in [0.4, 0.5) is 10.1 Å². The minimum absolute atomic E-state index is 0.0453. The number of carbonyl (C=O) groups excluding carboxylic acids is 2. The number of aromatic nitrogens is 1. The quantitative estimate of drug-likeness (QED) is 0.622. The number of H-pyrrole nitrogens is 1. The first kappa shape index (κ1) is 22.3. The molecule has 2 aromatic rings. The fourth-order valence-electron chi connectivity index (χ4n) is 4.94. The van der Waals surface area contributed by atoms with Gasteiger partial charge in [0.1, 0.15) is 5.82 Å². The maximum absolute atomic E-state index is 14.8. The molecule has 0 saturated heterocycles. The number of aryl methyl sites for hydroxylation is 2. The van der Waals surface area contributed by atoms with E-state index in [1.54, 1.807) is 11.0 Å².